The van der Waals surface area contributed by atoms with Crippen LogP contribution in [0.5, 0.6) is 5.75 Å². The van der Waals surface area contributed by atoms with Crippen LogP contribution < -0.4 is 15.4 Å². The lowest BCUT2D eigenvalue weighted by atomic mass is 10.2. The molecule has 2 aromatic rings. The van der Waals surface area contributed by atoms with Gasteiger partial charge in [-0.25, -0.2) is 8.42 Å². The van der Waals surface area contributed by atoms with E-state index < -0.39 is 22.0 Å². The Bertz CT molecular complexity index is 1050. The van der Waals surface area contributed by atoms with Crippen LogP contribution in [-0.4, -0.2) is 44.2 Å². The first-order valence-electron chi connectivity index (χ1n) is 8.85. The summed E-state index contributed by atoms with van der Waals surface area (Å²) in [6, 6.07) is 13.8. The van der Waals surface area contributed by atoms with Gasteiger partial charge in [-0.15, -0.1) is 0 Å². The van der Waals surface area contributed by atoms with Gasteiger partial charge >= 0.3 is 0 Å². The molecule has 8 nitrogen and oxygen atoms in total. The van der Waals surface area contributed by atoms with Crippen LogP contribution in [0.4, 0.5) is 11.4 Å². The first-order valence-corrected chi connectivity index (χ1v) is 10.4. The van der Waals surface area contributed by atoms with E-state index in [1.54, 1.807) is 49.4 Å². The van der Waals surface area contributed by atoms with E-state index in [2.05, 4.69) is 10.6 Å². The maximum absolute atomic E-state index is 12.3. The number of fused-ring (bicyclic) bond motifs is 1. The second-order valence-corrected chi connectivity index (χ2v) is 8.45. The molecule has 0 aliphatic carbocycles. The van der Waals surface area contributed by atoms with Gasteiger partial charge in [0, 0.05) is 18.1 Å². The number of likely N-dealkylation sites (N-methyl/N-ethyl adjacent to an activating group) is 1. The zero-order valence-corrected chi connectivity index (χ0v) is 16.8. The molecule has 2 amide bonds. The van der Waals surface area contributed by atoms with Gasteiger partial charge in [0.1, 0.15) is 5.75 Å². The molecule has 2 aromatic carbocycles. The number of rotatable bonds is 6. The standard InChI is InChI=1S/C20H21N3O5S/c1-14-20(25)22-17-12-16(8-9-18(17)28-14)21-19(24)13-23(2)29(26,27)11-10-15-6-4-3-5-7-15/h3-12,14H,13H2,1-2H3,(H,21,24)(H,22,25)/b11-10+/t14-/m1/s1. The molecular weight excluding hydrogens is 394 g/mol. The van der Waals surface area contributed by atoms with Crippen molar-refractivity contribution < 1.29 is 22.7 Å². The Morgan fingerprint density at radius 2 is 1.97 bits per heavy atom. The number of ether oxygens (including phenoxy) is 1. The van der Waals surface area contributed by atoms with Crippen molar-refractivity contribution in [2.24, 2.45) is 0 Å². The van der Waals surface area contributed by atoms with Crippen molar-refractivity contribution in [3.63, 3.8) is 0 Å². The third-order valence-corrected chi connectivity index (χ3v) is 5.70. The zero-order valence-electron chi connectivity index (χ0n) is 16.0. The topological polar surface area (TPSA) is 105 Å². The van der Waals surface area contributed by atoms with Crippen molar-refractivity contribution in [3.05, 3.63) is 59.5 Å². The van der Waals surface area contributed by atoms with Crippen molar-refractivity contribution in [1.29, 1.82) is 0 Å². The fourth-order valence-corrected chi connectivity index (χ4v) is 3.45. The van der Waals surface area contributed by atoms with Crippen molar-refractivity contribution in [3.8, 4) is 5.75 Å². The van der Waals surface area contributed by atoms with Gasteiger partial charge in [0.05, 0.1) is 12.2 Å². The molecule has 0 unspecified atom stereocenters. The summed E-state index contributed by atoms with van der Waals surface area (Å²) >= 11 is 0. The van der Waals surface area contributed by atoms with Crippen LogP contribution in [0.15, 0.2) is 53.9 Å². The molecular formula is C20H21N3O5S. The third kappa shape index (κ3) is 5.21. The largest absolute Gasteiger partial charge is 0.479 e. The summed E-state index contributed by atoms with van der Waals surface area (Å²) in [5.41, 5.74) is 1.59. The number of carbonyl (C=O) groups is 2. The van der Waals surface area contributed by atoms with E-state index >= 15 is 0 Å². The predicted molar refractivity (Wildman–Crippen MR) is 111 cm³/mol. The summed E-state index contributed by atoms with van der Waals surface area (Å²) in [6.07, 6.45) is 0.877. The highest BCUT2D eigenvalue weighted by Crippen LogP contribution is 2.32. The second-order valence-electron chi connectivity index (χ2n) is 6.52. The summed E-state index contributed by atoms with van der Waals surface area (Å²) in [5, 5.41) is 6.37. The summed E-state index contributed by atoms with van der Waals surface area (Å²) in [7, 11) is -2.43. The Morgan fingerprint density at radius 3 is 2.69 bits per heavy atom. The average molecular weight is 415 g/mol. The molecule has 1 aliphatic rings. The van der Waals surface area contributed by atoms with E-state index in [0.29, 0.717) is 17.1 Å². The van der Waals surface area contributed by atoms with Crippen LogP contribution in [0.2, 0.25) is 0 Å². The highest BCUT2D eigenvalue weighted by Gasteiger charge is 2.24. The van der Waals surface area contributed by atoms with Crippen LogP contribution in [0, 0.1) is 0 Å². The van der Waals surface area contributed by atoms with Gasteiger partial charge in [-0.2, -0.15) is 4.31 Å². The van der Waals surface area contributed by atoms with Crippen molar-refractivity contribution >= 4 is 39.3 Å². The number of hydrogen-bond acceptors (Lipinski definition) is 5. The molecule has 0 radical (unpaired) electrons. The Kier molecular flexibility index (Phi) is 6.00. The molecule has 2 N–H and O–H groups in total. The average Bonchev–Trinajstić information content (AvgIpc) is 2.68. The highest BCUT2D eigenvalue weighted by atomic mass is 32.2. The monoisotopic (exact) mass is 415 g/mol. The van der Waals surface area contributed by atoms with Crippen molar-refractivity contribution in [2.75, 3.05) is 24.2 Å². The molecule has 152 valence electrons. The van der Waals surface area contributed by atoms with Crippen LogP contribution in [-0.2, 0) is 19.6 Å². The molecule has 0 saturated heterocycles. The molecule has 0 saturated carbocycles. The second kappa shape index (κ2) is 8.46. The molecule has 0 spiro atoms. The van der Waals surface area contributed by atoms with Crippen LogP contribution >= 0.6 is 0 Å². The Labute approximate surface area is 169 Å². The van der Waals surface area contributed by atoms with Gasteiger partial charge in [0.25, 0.3) is 5.91 Å². The van der Waals surface area contributed by atoms with E-state index in [9.17, 15) is 18.0 Å². The number of nitrogens with zero attached hydrogens (tertiary/aromatic N) is 1. The van der Waals surface area contributed by atoms with E-state index in [-0.39, 0.29) is 12.5 Å². The Balaban J connectivity index is 1.62. The van der Waals surface area contributed by atoms with Crippen LogP contribution in [0.1, 0.15) is 12.5 Å². The lowest BCUT2D eigenvalue weighted by molar-refractivity contribution is -0.122. The number of carbonyl (C=O) groups excluding carboxylic acids is 2. The maximum atomic E-state index is 12.3. The Hall–Kier alpha value is -3.17. The third-order valence-electron chi connectivity index (χ3n) is 4.23. The van der Waals surface area contributed by atoms with E-state index in [1.807, 2.05) is 6.07 Å². The minimum absolute atomic E-state index is 0.281. The molecule has 3 rings (SSSR count). The summed E-state index contributed by atoms with van der Waals surface area (Å²) in [4.78, 5) is 24.0. The molecule has 1 aliphatic heterocycles. The number of hydrogen-bond donors (Lipinski definition) is 2. The van der Waals surface area contributed by atoms with E-state index in [1.165, 1.54) is 13.1 Å². The first kappa shape index (κ1) is 20.6. The van der Waals surface area contributed by atoms with Crippen molar-refractivity contribution in [1.82, 2.24) is 4.31 Å². The fraction of sp³-hybridized carbons (Fsp3) is 0.200. The Morgan fingerprint density at radius 1 is 1.24 bits per heavy atom. The molecule has 9 heteroatoms. The fourth-order valence-electron chi connectivity index (χ4n) is 2.61. The van der Waals surface area contributed by atoms with Crippen LogP contribution in [0.3, 0.4) is 0 Å². The van der Waals surface area contributed by atoms with Gasteiger partial charge in [-0.1, -0.05) is 30.3 Å². The normalized spacial score (nSPS) is 16.2. The van der Waals surface area contributed by atoms with E-state index in [4.69, 9.17) is 4.74 Å². The SMILES string of the molecule is C[C@H]1Oc2ccc(NC(=O)CN(C)S(=O)(=O)/C=C/c3ccccc3)cc2NC1=O. The van der Waals surface area contributed by atoms with Gasteiger partial charge in [-0.3, -0.25) is 9.59 Å². The molecule has 1 atom stereocenters. The number of amides is 2. The predicted octanol–water partition coefficient (Wildman–Crippen LogP) is 2.28. The van der Waals surface area contributed by atoms with Gasteiger partial charge in [-0.05, 0) is 36.8 Å². The maximum Gasteiger partial charge on any atom is 0.265 e. The summed E-state index contributed by atoms with van der Waals surface area (Å²) < 4.78 is 31.1. The number of nitrogens with one attached hydrogen (secondary N) is 2. The van der Waals surface area contributed by atoms with Crippen LogP contribution in [0.25, 0.3) is 6.08 Å². The molecule has 1 heterocycles. The number of anilines is 2. The zero-order chi connectivity index (χ0) is 21.0. The molecule has 0 bridgehead atoms. The summed E-state index contributed by atoms with van der Waals surface area (Å²) in [6.45, 7) is 1.27. The number of sulfonamides is 1. The lowest BCUT2D eigenvalue weighted by Gasteiger charge is -2.23. The van der Waals surface area contributed by atoms with Gasteiger partial charge in [0.15, 0.2) is 6.10 Å². The summed E-state index contributed by atoms with van der Waals surface area (Å²) in [5.74, 6) is -0.293. The van der Waals surface area contributed by atoms with Gasteiger partial charge < -0.3 is 15.4 Å². The minimum Gasteiger partial charge on any atom is -0.479 e. The first-order chi connectivity index (χ1) is 13.7. The minimum atomic E-state index is -3.76. The highest BCUT2D eigenvalue weighted by molar-refractivity contribution is 7.92. The smallest absolute Gasteiger partial charge is 0.265 e. The molecule has 29 heavy (non-hydrogen) atoms. The molecule has 0 fully saturated rings. The van der Waals surface area contributed by atoms with Gasteiger partial charge in [0.2, 0.25) is 15.9 Å². The molecule has 0 aromatic heterocycles. The van der Waals surface area contributed by atoms with E-state index in [0.717, 1.165) is 15.3 Å². The lowest BCUT2D eigenvalue weighted by Crippen LogP contribution is -2.35. The number of benzene rings is 2. The quantitative estimate of drug-likeness (QED) is 0.753. The van der Waals surface area contributed by atoms with Crippen molar-refractivity contribution in [2.45, 2.75) is 13.0 Å².